The largest absolute Gasteiger partial charge is 0.460 e. The average Bonchev–Trinajstić information content (AvgIpc) is 1.65. The van der Waals surface area contributed by atoms with E-state index in [1.165, 1.54) is 0 Å². The summed E-state index contributed by atoms with van der Waals surface area (Å²) in [5, 5.41) is 0. The fraction of sp³-hybridized carbons (Fsp3) is 0.500. The second kappa shape index (κ2) is 5.63. The lowest BCUT2D eigenvalue weighted by atomic mass is 10.5. The van der Waals surface area contributed by atoms with Crippen LogP contribution in [-0.2, 0) is 9.53 Å². The number of rotatable bonds is 2. The van der Waals surface area contributed by atoms with Crippen molar-refractivity contribution in [2.45, 2.75) is 20.0 Å². The van der Waals surface area contributed by atoms with Gasteiger partial charge in [-0.05, 0) is 13.8 Å². The molecule has 3 heteroatoms. The number of hydrogen-bond acceptors (Lipinski definition) is 2. The summed E-state index contributed by atoms with van der Waals surface area (Å²) in [5.41, 5.74) is 0. The van der Waals surface area contributed by atoms with Crippen LogP contribution in [0.25, 0.3) is 0 Å². The first-order valence-corrected chi connectivity index (χ1v) is 2.50. The van der Waals surface area contributed by atoms with Gasteiger partial charge in [0, 0.05) is 6.08 Å². The molecule has 0 rings (SSSR count). The van der Waals surface area contributed by atoms with Crippen LogP contribution in [0.3, 0.4) is 0 Å². The first-order valence-electron chi connectivity index (χ1n) is 2.50. The number of ether oxygens (including phenoxy) is 1. The Kier molecular flexibility index (Phi) is 7.08. The molecule has 0 amide bonds. The molecular weight excluding hydrogens is 140 g/mol. The standard InChI is InChI=1S/C6H10O2.ClH/c1-4-6(7)8-5(2)3;/h4-5H,1H2,2-3H3;1H. The fourth-order valence-corrected chi connectivity index (χ4v) is 0.280. The highest BCUT2D eigenvalue weighted by Crippen LogP contribution is 1.87. The number of hydrogen-bond donors (Lipinski definition) is 0. The number of halogens is 1. The number of carbonyl (C=O) groups excluding carboxylic acids is 1. The predicted octanol–water partition coefficient (Wildman–Crippen LogP) is 1.55. The van der Waals surface area contributed by atoms with Crippen LogP contribution in [0.15, 0.2) is 12.7 Å². The Morgan fingerprint density at radius 3 is 2.22 bits per heavy atom. The molecule has 2 nitrogen and oxygen atoms in total. The van der Waals surface area contributed by atoms with Gasteiger partial charge in [-0.25, -0.2) is 4.79 Å². The second-order valence-corrected chi connectivity index (χ2v) is 1.69. The summed E-state index contributed by atoms with van der Waals surface area (Å²) >= 11 is 0. The van der Waals surface area contributed by atoms with Crippen molar-refractivity contribution < 1.29 is 9.53 Å². The Morgan fingerprint density at radius 1 is 1.67 bits per heavy atom. The van der Waals surface area contributed by atoms with E-state index < -0.39 is 0 Å². The molecule has 0 aromatic carbocycles. The minimum Gasteiger partial charge on any atom is -0.460 e. The van der Waals surface area contributed by atoms with E-state index in [2.05, 4.69) is 11.3 Å². The highest BCUT2D eigenvalue weighted by atomic mass is 35.5. The Hall–Kier alpha value is -0.500. The zero-order valence-electron chi connectivity index (χ0n) is 5.59. The van der Waals surface area contributed by atoms with E-state index in [4.69, 9.17) is 0 Å². The van der Waals surface area contributed by atoms with Crippen molar-refractivity contribution in [1.29, 1.82) is 0 Å². The summed E-state index contributed by atoms with van der Waals surface area (Å²) in [4.78, 5) is 10.3. The van der Waals surface area contributed by atoms with Gasteiger partial charge in [0.1, 0.15) is 0 Å². The lowest BCUT2D eigenvalue weighted by Crippen LogP contribution is -2.07. The summed E-state index contributed by atoms with van der Waals surface area (Å²) < 4.78 is 4.64. The van der Waals surface area contributed by atoms with E-state index in [0.717, 1.165) is 6.08 Å². The van der Waals surface area contributed by atoms with Crippen LogP contribution in [0.5, 0.6) is 0 Å². The number of esters is 1. The van der Waals surface area contributed by atoms with Crippen molar-refractivity contribution in [2.75, 3.05) is 0 Å². The van der Waals surface area contributed by atoms with Crippen LogP contribution in [0, 0.1) is 0 Å². The maximum absolute atomic E-state index is 10.3. The van der Waals surface area contributed by atoms with Gasteiger partial charge in [-0.1, -0.05) is 6.58 Å². The third kappa shape index (κ3) is 7.50. The molecule has 9 heavy (non-hydrogen) atoms. The van der Waals surface area contributed by atoms with Gasteiger partial charge >= 0.3 is 5.97 Å². The molecule has 0 aromatic heterocycles. The molecule has 0 spiro atoms. The molecule has 0 aliphatic heterocycles. The van der Waals surface area contributed by atoms with Crippen LogP contribution in [-0.4, -0.2) is 12.1 Å². The maximum Gasteiger partial charge on any atom is 0.330 e. The minimum absolute atomic E-state index is 0. The molecule has 0 heterocycles. The zero-order valence-corrected chi connectivity index (χ0v) is 6.40. The Labute approximate surface area is 61.3 Å². The molecule has 0 aromatic rings. The van der Waals surface area contributed by atoms with E-state index >= 15 is 0 Å². The van der Waals surface area contributed by atoms with Gasteiger partial charge in [-0.15, -0.1) is 12.4 Å². The minimum atomic E-state index is -0.361. The average molecular weight is 151 g/mol. The van der Waals surface area contributed by atoms with Crippen LogP contribution in [0.4, 0.5) is 0 Å². The lowest BCUT2D eigenvalue weighted by Gasteiger charge is -2.02. The molecule has 0 saturated heterocycles. The molecule has 0 atom stereocenters. The van der Waals surface area contributed by atoms with Crippen LogP contribution in [0.2, 0.25) is 0 Å². The molecule has 0 N–H and O–H groups in total. The van der Waals surface area contributed by atoms with E-state index in [-0.39, 0.29) is 24.5 Å². The summed E-state index contributed by atoms with van der Waals surface area (Å²) in [6, 6.07) is 0. The third-order valence-electron chi connectivity index (χ3n) is 0.519. The molecule has 0 fully saturated rings. The van der Waals surface area contributed by atoms with E-state index in [9.17, 15) is 4.79 Å². The van der Waals surface area contributed by atoms with Gasteiger partial charge in [0.2, 0.25) is 0 Å². The van der Waals surface area contributed by atoms with Crippen molar-refractivity contribution in [3.05, 3.63) is 12.7 Å². The van der Waals surface area contributed by atoms with E-state index in [1.54, 1.807) is 13.8 Å². The first-order chi connectivity index (χ1) is 3.66. The Morgan fingerprint density at radius 2 is 2.11 bits per heavy atom. The fourth-order valence-electron chi connectivity index (χ4n) is 0.280. The van der Waals surface area contributed by atoms with Crippen LogP contribution in [0.1, 0.15) is 13.8 Å². The molecule has 0 unspecified atom stereocenters. The van der Waals surface area contributed by atoms with Gasteiger partial charge < -0.3 is 4.74 Å². The van der Waals surface area contributed by atoms with Crippen molar-refractivity contribution in [2.24, 2.45) is 0 Å². The topological polar surface area (TPSA) is 26.3 Å². The Balaban J connectivity index is 0. The number of carbonyl (C=O) groups is 1. The summed E-state index contributed by atoms with van der Waals surface area (Å²) in [6.45, 7) is 6.83. The zero-order chi connectivity index (χ0) is 6.57. The molecule has 0 saturated carbocycles. The van der Waals surface area contributed by atoms with E-state index in [1.807, 2.05) is 0 Å². The van der Waals surface area contributed by atoms with Crippen molar-refractivity contribution in [3.8, 4) is 0 Å². The molecule has 0 bridgehead atoms. The molecular formula is C6H11ClO2. The second-order valence-electron chi connectivity index (χ2n) is 1.69. The van der Waals surface area contributed by atoms with Gasteiger partial charge in [-0.2, -0.15) is 0 Å². The van der Waals surface area contributed by atoms with Crippen LogP contribution < -0.4 is 0 Å². The first kappa shape index (κ1) is 11.3. The summed E-state index contributed by atoms with van der Waals surface area (Å²) in [5.74, 6) is -0.361. The van der Waals surface area contributed by atoms with E-state index in [0.29, 0.717) is 0 Å². The SMILES string of the molecule is C=CC(=O)OC(C)C.Cl. The molecule has 54 valence electrons. The smallest absolute Gasteiger partial charge is 0.330 e. The highest BCUT2D eigenvalue weighted by molar-refractivity contribution is 5.85. The quantitative estimate of drug-likeness (QED) is 0.441. The lowest BCUT2D eigenvalue weighted by molar-refractivity contribution is -0.141. The van der Waals surface area contributed by atoms with Gasteiger partial charge in [0.15, 0.2) is 0 Å². The van der Waals surface area contributed by atoms with Crippen molar-refractivity contribution >= 4 is 18.4 Å². The van der Waals surface area contributed by atoms with Crippen LogP contribution >= 0.6 is 12.4 Å². The molecule has 0 aliphatic rings. The highest BCUT2D eigenvalue weighted by Gasteiger charge is 1.96. The normalized spacial score (nSPS) is 7.89. The molecule has 0 aliphatic carbocycles. The summed E-state index contributed by atoms with van der Waals surface area (Å²) in [6.07, 6.45) is 1.11. The maximum atomic E-state index is 10.3. The monoisotopic (exact) mass is 150 g/mol. The van der Waals surface area contributed by atoms with Crippen molar-refractivity contribution in [3.63, 3.8) is 0 Å². The molecule has 0 radical (unpaired) electrons. The Bertz CT molecular complexity index is 99.2. The van der Waals surface area contributed by atoms with Gasteiger partial charge in [0.25, 0.3) is 0 Å². The van der Waals surface area contributed by atoms with Gasteiger partial charge in [-0.3, -0.25) is 0 Å². The van der Waals surface area contributed by atoms with Gasteiger partial charge in [0.05, 0.1) is 6.10 Å². The van der Waals surface area contributed by atoms with Crippen molar-refractivity contribution in [1.82, 2.24) is 0 Å². The summed E-state index contributed by atoms with van der Waals surface area (Å²) in [7, 11) is 0. The predicted molar refractivity (Wildman–Crippen MR) is 38.7 cm³/mol. The third-order valence-corrected chi connectivity index (χ3v) is 0.519.